The molecule has 11 heteroatoms. The maximum atomic E-state index is 14.9. The van der Waals surface area contributed by atoms with E-state index in [4.69, 9.17) is 23.7 Å². The fraction of sp³-hybridized carbons (Fsp3) is 0.727. The lowest BCUT2D eigenvalue weighted by Gasteiger charge is -2.51. The van der Waals surface area contributed by atoms with E-state index in [1.165, 1.54) is 6.07 Å². The molecule has 1 aromatic rings. The molecule has 0 aromatic heterocycles. The van der Waals surface area contributed by atoms with Crippen LogP contribution in [0.4, 0.5) is 9.18 Å². The number of likely N-dealkylation sites (tertiary alicyclic amines) is 1. The predicted octanol–water partition coefficient (Wildman–Crippen LogP) is 5.26. The van der Waals surface area contributed by atoms with Crippen LogP contribution < -0.4 is 10.1 Å². The van der Waals surface area contributed by atoms with Crippen molar-refractivity contribution in [3.05, 3.63) is 29.6 Å². The fourth-order valence-electron chi connectivity index (χ4n) is 6.36. The minimum atomic E-state index is -0.741. The highest BCUT2D eigenvalue weighted by Gasteiger charge is 2.50. The number of amides is 2. The van der Waals surface area contributed by atoms with Crippen LogP contribution in [0.25, 0.3) is 0 Å². The Kier molecular flexibility index (Phi) is 10.8. The monoisotopic (exact) mass is 620 g/mol. The molecule has 246 valence electrons. The molecular formula is C33H49FN2O8. The average Bonchev–Trinajstić information content (AvgIpc) is 2.91. The molecule has 1 spiro atoms. The van der Waals surface area contributed by atoms with Gasteiger partial charge in [0.1, 0.15) is 17.8 Å². The third kappa shape index (κ3) is 9.06. The van der Waals surface area contributed by atoms with E-state index >= 15 is 0 Å². The van der Waals surface area contributed by atoms with Crippen molar-refractivity contribution in [1.82, 2.24) is 10.2 Å². The van der Waals surface area contributed by atoms with Gasteiger partial charge in [-0.2, -0.15) is 0 Å². The number of esters is 1. The average molecular weight is 621 g/mol. The molecule has 4 rings (SSSR count). The van der Waals surface area contributed by atoms with Gasteiger partial charge in [0, 0.05) is 12.1 Å². The smallest absolute Gasteiger partial charge is 0.410 e. The molecule has 2 atom stereocenters. The summed E-state index contributed by atoms with van der Waals surface area (Å²) in [5.41, 5.74) is -1.20. The van der Waals surface area contributed by atoms with E-state index < -0.39 is 40.7 Å². The molecule has 44 heavy (non-hydrogen) atoms. The van der Waals surface area contributed by atoms with Crippen molar-refractivity contribution in [1.29, 1.82) is 0 Å². The summed E-state index contributed by atoms with van der Waals surface area (Å²) in [6.07, 6.45) is 3.94. The summed E-state index contributed by atoms with van der Waals surface area (Å²) in [6.45, 7) is 11.9. The quantitative estimate of drug-likeness (QED) is 0.392. The van der Waals surface area contributed by atoms with E-state index in [0.29, 0.717) is 26.0 Å². The minimum absolute atomic E-state index is 0.00142. The standard InChI is InChI=1S/C33H49FN2O8/c1-31(2,3)43-28(38)15-18-41-29-24(9-7-10-25(29)34)22-11-13-23(14-12-22)42-19-26-33(21-40-20-27(37)35-33)16-8-17-36(26)30(39)44-32(4,5)6/h7,9-10,22-23,26H,8,11-21H2,1-6H3,(H,35,37)/t22-,23+,26?,33?. The summed E-state index contributed by atoms with van der Waals surface area (Å²) in [5, 5.41) is 3.12. The Morgan fingerprint density at radius 1 is 1.07 bits per heavy atom. The van der Waals surface area contributed by atoms with E-state index in [9.17, 15) is 18.8 Å². The van der Waals surface area contributed by atoms with Gasteiger partial charge in [0.15, 0.2) is 11.6 Å². The van der Waals surface area contributed by atoms with Gasteiger partial charge in [0.2, 0.25) is 5.91 Å². The van der Waals surface area contributed by atoms with Crippen molar-refractivity contribution in [2.45, 2.75) is 121 Å². The van der Waals surface area contributed by atoms with Gasteiger partial charge in [-0.1, -0.05) is 12.1 Å². The molecule has 1 N–H and O–H groups in total. The minimum Gasteiger partial charge on any atom is -0.490 e. The Bertz CT molecular complexity index is 1170. The summed E-state index contributed by atoms with van der Waals surface area (Å²) >= 11 is 0. The van der Waals surface area contributed by atoms with Crippen molar-refractivity contribution in [2.75, 3.05) is 33.0 Å². The van der Waals surface area contributed by atoms with E-state index in [1.54, 1.807) is 31.7 Å². The van der Waals surface area contributed by atoms with Gasteiger partial charge in [-0.15, -0.1) is 0 Å². The normalized spacial score (nSPS) is 26.2. The molecule has 2 unspecified atom stereocenters. The number of hydrogen-bond donors (Lipinski definition) is 1. The van der Waals surface area contributed by atoms with Crippen LogP contribution in [-0.4, -0.2) is 84.7 Å². The molecule has 2 amide bonds. The Morgan fingerprint density at radius 3 is 2.43 bits per heavy atom. The third-order valence-corrected chi connectivity index (χ3v) is 8.22. The fourth-order valence-corrected chi connectivity index (χ4v) is 6.36. The molecule has 2 saturated heterocycles. The van der Waals surface area contributed by atoms with Crippen LogP contribution >= 0.6 is 0 Å². The molecule has 10 nitrogen and oxygen atoms in total. The zero-order chi connectivity index (χ0) is 32.1. The van der Waals surface area contributed by atoms with Crippen molar-refractivity contribution in [3.63, 3.8) is 0 Å². The number of nitrogens with zero attached hydrogens (tertiary/aromatic N) is 1. The van der Waals surface area contributed by atoms with Crippen LogP contribution in [0.1, 0.15) is 98.0 Å². The molecule has 0 bridgehead atoms. The second-order valence-electron chi connectivity index (χ2n) is 14.1. The first kappa shape index (κ1) is 34.0. The zero-order valence-electron chi connectivity index (χ0n) is 27.0. The number of carbonyl (C=O) groups is 3. The number of morpholine rings is 1. The summed E-state index contributed by atoms with van der Waals surface area (Å²) in [7, 11) is 0. The molecule has 2 aliphatic heterocycles. The van der Waals surface area contributed by atoms with Crippen LogP contribution in [0.15, 0.2) is 18.2 Å². The molecule has 1 aliphatic carbocycles. The Morgan fingerprint density at radius 2 is 1.77 bits per heavy atom. The highest BCUT2D eigenvalue weighted by atomic mass is 19.1. The number of carbonyl (C=O) groups excluding carboxylic acids is 3. The van der Waals surface area contributed by atoms with Crippen LogP contribution in [0, 0.1) is 5.82 Å². The molecular weight excluding hydrogens is 571 g/mol. The molecule has 3 fully saturated rings. The zero-order valence-corrected chi connectivity index (χ0v) is 27.0. The second-order valence-corrected chi connectivity index (χ2v) is 14.1. The molecule has 1 saturated carbocycles. The Labute approximate surface area is 260 Å². The summed E-state index contributed by atoms with van der Waals surface area (Å²) < 4.78 is 43.8. The number of ether oxygens (including phenoxy) is 5. The van der Waals surface area contributed by atoms with E-state index in [-0.39, 0.29) is 49.9 Å². The number of piperidine rings is 1. The highest BCUT2D eigenvalue weighted by Crippen LogP contribution is 2.40. The van der Waals surface area contributed by atoms with Gasteiger partial charge < -0.3 is 33.9 Å². The van der Waals surface area contributed by atoms with Gasteiger partial charge in [-0.3, -0.25) is 9.59 Å². The number of rotatable bonds is 8. The van der Waals surface area contributed by atoms with E-state index in [0.717, 1.165) is 31.2 Å². The van der Waals surface area contributed by atoms with Crippen LogP contribution in [0.3, 0.4) is 0 Å². The number of halogens is 1. The predicted molar refractivity (Wildman–Crippen MR) is 161 cm³/mol. The van der Waals surface area contributed by atoms with Gasteiger partial charge in [0.25, 0.3) is 0 Å². The van der Waals surface area contributed by atoms with Crippen molar-refractivity contribution in [2.24, 2.45) is 0 Å². The molecule has 1 aromatic carbocycles. The highest BCUT2D eigenvalue weighted by molar-refractivity contribution is 5.79. The van der Waals surface area contributed by atoms with Crippen molar-refractivity contribution >= 4 is 18.0 Å². The van der Waals surface area contributed by atoms with E-state index in [1.807, 2.05) is 26.8 Å². The van der Waals surface area contributed by atoms with Crippen molar-refractivity contribution < 1.29 is 42.5 Å². The lowest BCUT2D eigenvalue weighted by Crippen LogP contribution is -2.72. The van der Waals surface area contributed by atoms with Gasteiger partial charge >= 0.3 is 12.1 Å². The Hall–Kier alpha value is -2.92. The van der Waals surface area contributed by atoms with Crippen LogP contribution in [-0.2, 0) is 28.5 Å². The van der Waals surface area contributed by atoms with Gasteiger partial charge in [0.05, 0.1) is 43.9 Å². The Balaban J connectivity index is 1.38. The molecule has 3 aliphatic rings. The summed E-state index contributed by atoms with van der Waals surface area (Å²) in [5.74, 6) is -0.783. The maximum absolute atomic E-state index is 14.9. The number of nitrogens with one attached hydrogen (secondary N) is 1. The first-order valence-electron chi connectivity index (χ1n) is 15.8. The van der Waals surface area contributed by atoms with E-state index in [2.05, 4.69) is 5.32 Å². The topological polar surface area (TPSA) is 113 Å². The lowest BCUT2D eigenvalue weighted by atomic mass is 9.80. The molecule has 2 heterocycles. The lowest BCUT2D eigenvalue weighted by molar-refractivity contribution is -0.155. The summed E-state index contributed by atoms with van der Waals surface area (Å²) in [6, 6.07) is 4.49. The van der Waals surface area contributed by atoms with Gasteiger partial charge in [-0.05, 0) is 92.1 Å². The largest absolute Gasteiger partial charge is 0.490 e. The van der Waals surface area contributed by atoms with Gasteiger partial charge in [-0.25, -0.2) is 9.18 Å². The first-order valence-corrected chi connectivity index (χ1v) is 15.8. The SMILES string of the molecule is CC(C)(C)OC(=O)CCOc1c(F)cccc1[C@H]1CC[C@@H](OCC2N(C(=O)OC(C)(C)C)CCCC23COCC(=O)N3)CC1. The number of hydrogen-bond acceptors (Lipinski definition) is 8. The van der Waals surface area contributed by atoms with Crippen LogP contribution in [0.5, 0.6) is 5.75 Å². The summed E-state index contributed by atoms with van der Waals surface area (Å²) in [4.78, 5) is 39.4. The number of para-hydroxylation sites is 1. The third-order valence-electron chi connectivity index (χ3n) is 8.22. The second kappa shape index (κ2) is 14.0. The maximum Gasteiger partial charge on any atom is 0.410 e. The first-order chi connectivity index (χ1) is 20.7. The van der Waals surface area contributed by atoms with Crippen LogP contribution in [0.2, 0.25) is 0 Å². The number of benzene rings is 1. The molecule has 0 radical (unpaired) electrons. The van der Waals surface area contributed by atoms with Crippen molar-refractivity contribution in [3.8, 4) is 5.75 Å².